The molecule has 4 bridgehead atoms. The number of carbonyl (C=O) groups excluding carboxylic acids is 2. The summed E-state index contributed by atoms with van der Waals surface area (Å²) in [5.41, 5.74) is 3.84. The first-order chi connectivity index (χ1) is 11.8. The van der Waals surface area contributed by atoms with E-state index in [0.29, 0.717) is 23.7 Å². The molecule has 1 heterocycles. The number of nitrogens with zero attached hydrogens (tertiary/aromatic N) is 1. The summed E-state index contributed by atoms with van der Waals surface area (Å²) in [6, 6.07) is 9.45. The van der Waals surface area contributed by atoms with E-state index < -0.39 is 0 Å². The van der Waals surface area contributed by atoms with Crippen molar-refractivity contribution in [3.8, 4) is 0 Å². The van der Waals surface area contributed by atoms with Crippen molar-refractivity contribution >= 4 is 17.5 Å². The van der Waals surface area contributed by atoms with Gasteiger partial charge in [0.25, 0.3) is 0 Å². The zero-order valence-electron chi connectivity index (χ0n) is 13.4. The second-order valence-corrected chi connectivity index (χ2v) is 7.93. The highest BCUT2D eigenvalue weighted by atomic mass is 16.2. The van der Waals surface area contributed by atoms with E-state index in [-0.39, 0.29) is 23.7 Å². The van der Waals surface area contributed by atoms with Crippen molar-refractivity contribution in [1.82, 2.24) is 0 Å². The van der Waals surface area contributed by atoms with Crippen molar-refractivity contribution in [3.63, 3.8) is 0 Å². The lowest BCUT2D eigenvalue weighted by Crippen LogP contribution is -2.35. The molecule has 0 aromatic heterocycles. The van der Waals surface area contributed by atoms with Crippen molar-refractivity contribution in [3.05, 3.63) is 53.6 Å². The number of carbonyl (C=O) groups is 2. The van der Waals surface area contributed by atoms with Gasteiger partial charge in [-0.3, -0.25) is 14.5 Å². The fourth-order valence-corrected chi connectivity index (χ4v) is 6.34. The molecule has 0 unspecified atom stereocenters. The van der Waals surface area contributed by atoms with Crippen molar-refractivity contribution in [1.29, 1.82) is 0 Å². The van der Waals surface area contributed by atoms with Gasteiger partial charge in [-0.2, -0.15) is 0 Å². The third-order valence-corrected chi connectivity index (χ3v) is 7.08. The van der Waals surface area contributed by atoms with Crippen LogP contribution in [0.25, 0.3) is 0 Å². The first-order valence-corrected chi connectivity index (χ1v) is 9.10. The smallest absolute Gasteiger partial charge is 0.238 e. The molecular weight excluding hydrogens is 298 g/mol. The van der Waals surface area contributed by atoms with Crippen LogP contribution in [0.3, 0.4) is 0 Å². The minimum Gasteiger partial charge on any atom is -0.274 e. The van der Waals surface area contributed by atoms with E-state index in [0.717, 1.165) is 12.1 Å². The van der Waals surface area contributed by atoms with Crippen LogP contribution in [0, 0.1) is 35.5 Å². The van der Waals surface area contributed by atoms with Gasteiger partial charge in [-0.05, 0) is 55.1 Å². The van der Waals surface area contributed by atoms with E-state index in [1.807, 2.05) is 30.3 Å². The molecular formula is C21H19NO2. The van der Waals surface area contributed by atoms with E-state index in [4.69, 9.17) is 0 Å². The topological polar surface area (TPSA) is 37.4 Å². The standard InChI is InChI=1S/C21H19NO2/c23-20-18-14-10-15(17-12-7-6-11(8-9-12)16(14)17)19(18)21(24)22(20)13-4-2-1-3-5-13/h1-7,11-12,14-15,18-19H,8-10H2/t11-,12-,14-,15-,18+,19+/m0/s1. The molecule has 2 amide bonds. The average molecular weight is 317 g/mol. The SMILES string of the molecule is O=C1[C@H]2[C@H](C(=O)N1c1ccccc1)[C@H]1C[C@H]2C2=C1[C@H]1C=C[C@H]2CC1. The number of hydrogen-bond donors (Lipinski definition) is 0. The number of fused-ring (bicyclic) bond motifs is 6. The first-order valence-electron chi connectivity index (χ1n) is 9.10. The molecule has 24 heavy (non-hydrogen) atoms. The molecule has 2 fully saturated rings. The number of rotatable bonds is 1. The second-order valence-electron chi connectivity index (χ2n) is 7.93. The van der Waals surface area contributed by atoms with Crippen LogP contribution in [0.15, 0.2) is 53.6 Å². The van der Waals surface area contributed by atoms with Gasteiger partial charge >= 0.3 is 0 Å². The van der Waals surface area contributed by atoms with E-state index >= 15 is 0 Å². The predicted octanol–water partition coefficient (Wildman–Crippen LogP) is 3.33. The maximum absolute atomic E-state index is 13.1. The summed E-state index contributed by atoms with van der Waals surface area (Å²) in [6.07, 6.45) is 8.21. The van der Waals surface area contributed by atoms with Gasteiger partial charge in [-0.1, -0.05) is 41.5 Å². The molecule has 6 atom stereocenters. The minimum absolute atomic E-state index is 0.0423. The Bertz CT molecular complexity index is 789. The van der Waals surface area contributed by atoms with Crippen molar-refractivity contribution < 1.29 is 9.59 Å². The average Bonchev–Trinajstić information content (AvgIpc) is 3.28. The lowest BCUT2D eigenvalue weighted by atomic mass is 9.63. The summed E-state index contributed by atoms with van der Waals surface area (Å²) in [5, 5.41) is 0. The van der Waals surface area contributed by atoms with E-state index in [9.17, 15) is 9.59 Å². The zero-order chi connectivity index (χ0) is 16.0. The molecule has 1 saturated heterocycles. The molecule has 0 spiro atoms. The number of benzene rings is 1. The maximum atomic E-state index is 13.1. The molecule has 120 valence electrons. The van der Waals surface area contributed by atoms with Crippen LogP contribution in [-0.4, -0.2) is 11.8 Å². The Morgan fingerprint density at radius 1 is 0.792 bits per heavy atom. The highest BCUT2D eigenvalue weighted by Gasteiger charge is 2.65. The molecule has 1 saturated carbocycles. The van der Waals surface area contributed by atoms with Crippen molar-refractivity contribution in [2.45, 2.75) is 19.3 Å². The number of allylic oxidation sites excluding steroid dienone is 4. The Morgan fingerprint density at radius 3 is 1.83 bits per heavy atom. The molecule has 1 aromatic carbocycles. The third-order valence-electron chi connectivity index (χ3n) is 7.08. The van der Waals surface area contributed by atoms with Crippen molar-refractivity contribution in [2.75, 3.05) is 4.90 Å². The quantitative estimate of drug-likeness (QED) is 0.588. The Balaban J connectivity index is 1.45. The molecule has 5 aliphatic carbocycles. The lowest BCUT2D eigenvalue weighted by molar-refractivity contribution is -0.123. The zero-order valence-corrected chi connectivity index (χ0v) is 13.4. The largest absolute Gasteiger partial charge is 0.274 e. The number of amides is 2. The van der Waals surface area contributed by atoms with Crippen LogP contribution < -0.4 is 4.90 Å². The van der Waals surface area contributed by atoms with Crippen LogP contribution in [0.1, 0.15) is 19.3 Å². The second kappa shape index (κ2) is 4.27. The Kier molecular flexibility index (Phi) is 2.34. The van der Waals surface area contributed by atoms with Crippen LogP contribution in [0.5, 0.6) is 0 Å². The van der Waals surface area contributed by atoms with Gasteiger partial charge in [-0.15, -0.1) is 0 Å². The molecule has 1 aliphatic heterocycles. The van der Waals surface area contributed by atoms with Gasteiger partial charge in [0.2, 0.25) is 11.8 Å². The lowest BCUT2D eigenvalue weighted by Gasteiger charge is -2.40. The first kappa shape index (κ1) is 13.2. The summed E-state index contributed by atoms with van der Waals surface area (Å²) in [7, 11) is 0. The highest BCUT2D eigenvalue weighted by molar-refractivity contribution is 6.23. The van der Waals surface area contributed by atoms with Gasteiger partial charge in [0, 0.05) is 0 Å². The fraction of sp³-hybridized carbons (Fsp3) is 0.429. The third kappa shape index (κ3) is 1.36. The number of imide groups is 1. The van der Waals surface area contributed by atoms with E-state index in [2.05, 4.69) is 12.2 Å². The molecule has 0 N–H and O–H groups in total. The molecule has 0 radical (unpaired) electrons. The molecule has 3 heteroatoms. The van der Waals surface area contributed by atoms with Gasteiger partial charge in [0.1, 0.15) is 0 Å². The Morgan fingerprint density at radius 2 is 1.33 bits per heavy atom. The summed E-state index contributed by atoms with van der Waals surface area (Å²) in [6.45, 7) is 0. The van der Waals surface area contributed by atoms with Crippen LogP contribution in [0.4, 0.5) is 5.69 Å². The summed E-state index contributed by atoms with van der Waals surface area (Å²) >= 11 is 0. The number of anilines is 1. The van der Waals surface area contributed by atoms with Gasteiger partial charge in [-0.25, -0.2) is 0 Å². The molecule has 7 rings (SSSR count). The molecule has 3 nitrogen and oxygen atoms in total. The normalized spacial score (nSPS) is 41.4. The maximum Gasteiger partial charge on any atom is 0.238 e. The van der Waals surface area contributed by atoms with Gasteiger partial charge in [0.15, 0.2) is 0 Å². The van der Waals surface area contributed by atoms with Gasteiger partial charge < -0.3 is 0 Å². The molecule has 6 aliphatic rings. The number of hydrogen-bond acceptors (Lipinski definition) is 2. The Labute approximate surface area is 141 Å². The number of para-hydroxylation sites is 1. The summed E-state index contributed by atoms with van der Waals surface area (Å²) < 4.78 is 0. The summed E-state index contributed by atoms with van der Waals surface area (Å²) in [4.78, 5) is 27.7. The van der Waals surface area contributed by atoms with Crippen LogP contribution >= 0.6 is 0 Å². The van der Waals surface area contributed by atoms with Crippen LogP contribution in [-0.2, 0) is 9.59 Å². The highest BCUT2D eigenvalue weighted by Crippen LogP contribution is 2.65. The predicted molar refractivity (Wildman–Crippen MR) is 89.9 cm³/mol. The van der Waals surface area contributed by atoms with Gasteiger partial charge in [0.05, 0.1) is 17.5 Å². The fourth-order valence-electron chi connectivity index (χ4n) is 6.34. The van der Waals surface area contributed by atoms with E-state index in [1.165, 1.54) is 17.7 Å². The molecule has 1 aromatic rings. The monoisotopic (exact) mass is 317 g/mol. The Hall–Kier alpha value is -2.16. The van der Waals surface area contributed by atoms with Crippen LogP contribution in [0.2, 0.25) is 0 Å². The minimum atomic E-state index is -0.103. The summed E-state index contributed by atoms with van der Waals surface area (Å²) in [5.74, 6) is 1.59. The van der Waals surface area contributed by atoms with Crippen molar-refractivity contribution in [2.24, 2.45) is 35.5 Å². The van der Waals surface area contributed by atoms with E-state index in [1.54, 1.807) is 11.1 Å².